The van der Waals surface area contributed by atoms with Crippen LogP contribution in [0.4, 0.5) is 0 Å². The zero-order valence-corrected chi connectivity index (χ0v) is 43.9. The summed E-state index contributed by atoms with van der Waals surface area (Å²) in [4.78, 5) is 25.4. The summed E-state index contributed by atoms with van der Waals surface area (Å²) < 4.78 is 23.2. The molecule has 0 aliphatic carbocycles. The smallest absolute Gasteiger partial charge is 0.268 e. The molecule has 3 unspecified atom stereocenters. The van der Waals surface area contributed by atoms with E-state index in [1.807, 2.05) is 27.2 Å². The maximum atomic E-state index is 12.9. The highest BCUT2D eigenvalue weighted by Gasteiger charge is 2.23. The second kappa shape index (κ2) is 47.7. The van der Waals surface area contributed by atoms with Crippen molar-refractivity contribution in [2.45, 2.75) is 187 Å². The topological polar surface area (TPSA) is 108 Å². The van der Waals surface area contributed by atoms with Crippen molar-refractivity contribution in [1.29, 1.82) is 0 Å². The number of quaternary nitrogens is 1. The fourth-order valence-electron chi connectivity index (χ4n) is 6.49. The van der Waals surface area contributed by atoms with Gasteiger partial charge in [0.2, 0.25) is 5.91 Å². The molecule has 3 atom stereocenters. The minimum Gasteiger partial charge on any atom is -0.756 e. The Kier molecular flexibility index (Phi) is 45.3. The Morgan fingerprint density at radius 2 is 0.925 bits per heavy atom. The van der Waals surface area contributed by atoms with Crippen molar-refractivity contribution in [3.05, 3.63) is 134 Å². The Morgan fingerprint density at radius 3 is 1.39 bits per heavy atom. The third-order valence-electron chi connectivity index (χ3n) is 10.6. The lowest BCUT2D eigenvalue weighted by molar-refractivity contribution is -0.870. The highest BCUT2D eigenvalue weighted by Crippen LogP contribution is 2.38. The molecule has 1 amide bonds. The normalized spacial score (nSPS) is 15.1. The fraction of sp³-hybridized carbons (Fsp3) is 0.603. The monoisotopic (exact) mass is 949 g/mol. The number of phosphoric acid groups is 1. The van der Waals surface area contributed by atoms with Gasteiger partial charge in [-0.1, -0.05) is 192 Å². The predicted molar refractivity (Wildman–Crippen MR) is 288 cm³/mol. The van der Waals surface area contributed by atoms with Crippen LogP contribution in [0.1, 0.15) is 174 Å². The number of carbonyl (C=O) groups excluding carboxylic acids is 1. The van der Waals surface area contributed by atoms with Gasteiger partial charge in [-0.15, -0.1) is 0 Å². The number of unbranched alkanes of at least 4 members (excludes halogenated alkanes) is 12. The van der Waals surface area contributed by atoms with E-state index >= 15 is 0 Å². The Balaban J connectivity index is 4.34. The lowest BCUT2D eigenvalue weighted by Gasteiger charge is -2.29. The van der Waals surface area contributed by atoms with E-state index in [1.54, 1.807) is 6.08 Å². The van der Waals surface area contributed by atoms with Crippen LogP contribution in [0.5, 0.6) is 0 Å². The maximum absolute atomic E-state index is 12.9. The molecule has 0 aromatic heterocycles. The van der Waals surface area contributed by atoms with E-state index < -0.39 is 26.6 Å². The van der Waals surface area contributed by atoms with E-state index in [4.69, 9.17) is 9.05 Å². The molecule has 0 aliphatic rings. The number of nitrogens with zero attached hydrogens (tertiary/aromatic N) is 1. The number of hydrogen-bond acceptors (Lipinski definition) is 6. The fourth-order valence-corrected chi connectivity index (χ4v) is 7.21. The van der Waals surface area contributed by atoms with Gasteiger partial charge in [0.05, 0.1) is 39.9 Å². The summed E-state index contributed by atoms with van der Waals surface area (Å²) in [5.41, 5.74) is 0. The molecule has 9 heteroatoms. The van der Waals surface area contributed by atoms with Gasteiger partial charge < -0.3 is 28.8 Å². The summed E-state index contributed by atoms with van der Waals surface area (Å²) in [6.45, 7) is 4.44. The third-order valence-corrected chi connectivity index (χ3v) is 11.5. The number of aliphatic hydroxyl groups excluding tert-OH is 1. The SMILES string of the molecule is CC/C=C\C/C=C\C/C=C\C/C=C\C/C=C\C/C=C\C/C=C\C/C=C\CCCCCCCCC(=O)NC(COP(=O)([O-])OCC[N+](C)(C)C)C(O)/C=C/CC/C=C/CC/C=C/CCCCCC. The Morgan fingerprint density at radius 1 is 0.537 bits per heavy atom. The van der Waals surface area contributed by atoms with Crippen molar-refractivity contribution in [1.82, 2.24) is 5.32 Å². The zero-order valence-electron chi connectivity index (χ0n) is 43.0. The van der Waals surface area contributed by atoms with Crippen LogP contribution in [0.25, 0.3) is 0 Å². The number of aliphatic hydroxyl groups is 1. The molecule has 0 aliphatic heterocycles. The number of nitrogens with one attached hydrogen (secondary N) is 1. The first kappa shape index (κ1) is 63.6. The van der Waals surface area contributed by atoms with Crippen LogP contribution in [0.15, 0.2) is 134 Å². The van der Waals surface area contributed by atoms with Crippen molar-refractivity contribution in [2.75, 3.05) is 40.9 Å². The molecule has 0 bridgehead atoms. The van der Waals surface area contributed by atoms with Gasteiger partial charge in [-0.3, -0.25) is 9.36 Å². The van der Waals surface area contributed by atoms with Gasteiger partial charge >= 0.3 is 0 Å². The minimum absolute atomic E-state index is 0.0201. The van der Waals surface area contributed by atoms with Crippen LogP contribution in [-0.2, 0) is 18.4 Å². The summed E-state index contributed by atoms with van der Waals surface area (Å²) in [5, 5.41) is 13.8. The average molecular weight is 949 g/mol. The highest BCUT2D eigenvalue weighted by molar-refractivity contribution is 7.45. The molecular formula is C58H97N2O6P. The summed E-state index contributed by atoms with van der Waals surface area (Å²) in [6, 6.07) is -0.927. The predicted octanol–water partition coefficient (Wildman–Crippen LogP) is 15.0. The van der Waals surface area contributed by atoms with Crippen molar-refractivity contribution in [3.63, 3.8) is 0 Å². The Labute approximate surface area is 411 Å². The molecule has 380 valence electrons. The molecule has 0 radical (unpaired) electrons. The van der Waals surface area contributed by atoms with Crippen LogP contribution < -0.4 is 10.2 Å². The van der Waals surface area contributed by atoms with E-state index in [2.05, 4.69) is 141 Å². The molecule has 2 N–H and O–H groups in total. The first-order valence-corrected chi connectivity index (χ1v) is 27.5. The number of likely N-dealkylation sites (N-methyl/N-ethyl adjacent to an activating group) is 1. The highest BCUT2D eigenvalue weighted by atomic mass is 31.2. The van der Waals surface area contributed by atoms with Gasteiger partial charge in [-0.2, -0.15) is 0 Å². The quantitative estimate of drug-likeness (QED) is 0.0272. The molecule has 0 aromatic carbocycles. The number of amides is 1. The Hall–Kier alpha value is -3.36. The first-order valence-electron chi connectivity index (χ1n) is 26.0. The summed E-state index contributed by atoms with van der Waals surface area (Å²) >= 11 is 0. The van der Waals surface area contributed by atoms with Gasteiger partial charge in [0.1, 0.15) is 13.2 Å². The molecule has 0 saturated carbocycles. The van der Waals surface area contributed by atoms with E-state index in [0.717, 1.165) is 128 Å². The summed E-state index contributed by atoms with van der Waals surface area (Å²) in [5.74, 6) is -0.234. The molecule has 0 spiro atoms. The minimum atomic E-state index is -4.62. The number of rotatable bonds is 45. The molecule has 0 fully saturated rings. The van der Waals surface area contributed by atoms with Gasteiger partial charge in [0.25, 0.3) is 7.82 Å². The number of phosphoric ester groups is 1. The number of hydrogen-bond donors (Lipinski definition) is 2. The standard InChI is InChI=1S/C58H97N2O6P/c1-6-8-10-12-14-16-18-20-22-23-24-25-26-27-28-29-30-31-32-33-34-35-36-37-38-40-42-44-46-48-50-52-58(62)59-56(55-66-67(63,64)65-54-53-60(3,4)5)57(61)51-49-47-45-43-41-39-21-19-17-15-13-11-9-7-2/h8,10,14,16-17,19-20,22,24-25,27-28,30-31,33-34,36-37,41,43,49,51,56-57,61H,6-7,9,11-13,15,18,21,23,26,29,32,35,38-40,42,44-48,50,52-55H2,1-5H3,(H-,59,62,63,64)/b10-8-,16-14-,19-17+,22-20-,25-24-,28-27-,31-30-,34-33-,37-36-,43-41+,51-49+. The third kappa shape index (κ3) is 50.3. The summed E-state index contributed by atoms with van der Waals surface area (Å²) in [7, 11) is 1.20. The lowest BCUT2D eigenvalue weighted by atomic mass is 10.1. The van der Waals surface area contributed by atoms with E-state index in [9.17, 15) is 19.4 Å². The largest absolute Gasteiger partial charge is 0.756 e. The second-order valence-electron chi connectivity index (χ2n) is 18.1. The molecule has 0 aromatic rings. The molecule has 0 saturated heterocycles. The molecule has 0 rings (SSSR count). The van der Waals surface area contributed by atoms with Gasteiger partial charge in [0.15, 0.2) is 0 Å². The molecule has 67 heavy (non-hydrogen) atoms. The van der Waals surface area contributed by atoms with Crippen LogP contribution >= 0.6 is 7.82 Å². The van der Waals surface area contributed by atoms with Crippen molar-refractivity contribution in [3.8, 4) is 0 Å². The van der Waals surface area contributed by atoms with Crippen LogP contribution in [0.2, 0.25) is 0 Å². The van der Waals surface area contributed by atoms with Gasteiger partial charge in [-0.05, 0) is 109 Å². The molecule has 0 heterocycles. The van der Waals surface area contributed by atoms with Gasteiger partial charge in [0, 0.05) is 6.42 Å². The average Bonchev–Trinajstić information content (AvgIpc) is 3.29. The van der Waals surface area contributed by atoms with E-state index in [-0.39, 0.29) is 12.5 Å². The zero-order chi connectivity index (χ0) is 49.2. The van der Waals surface area contributed by atoms with Crippen molar-refractivity contribution in [2.24, 2.45) is 0 Å². The van der Waals surface area contributed by atoms with E-state index in [0.29, 0.717) is 17.4 Å². The lowest BCUT2D eigenvalue weighted by Crippen LogP contribution is -2.45. The van der Waals surface area contributed by atoms with Crippen LogP contribution in [0.3, 0.4) is 0 Å². The molecule has 8 nitrogen and oxygen atoms in total. The van der Waals surface area contributed by atoms with E-state index in [1.165, 1.54) is 25.7 Å². The molecular weight excluding hydrogens is 852 g/mol. The second-order valence-corrected chi connectivity index (χ2v) is 19.5. The summed E-state index contributed by atoms with van der Waals surface area (Å²) in [6.07, 6.45) is 72.3. The first-order chi connectivity index (χ1) is 32.5. The Bertz CT molecular complexity index is 1540. The van der Waals surface area contributed by atoms with Crippen LogP contribution in [0, 0.1) is 0 Å². The van der Waals surface area contributed by atoms with Gasteiger partial charge in [-0.25, -0.2) is 0 Å². The van der Waals surface area contributed by atoms with Crippen LogP contribution in [-0.4, -0.2) is 68.5 Å². The number of allylic oxidation sites excluding steroid dienone is 21. The maximum Gasteiger partial charge on any atom is 0.268 e. The van der Waals surface area contributed by atoms with Crippen molar-refractivity contribution < 1.29 is 32.9 Å². The van der Waals surface area contributed by atoms with Crippen molar-refractivity contribution >= 4 is 13.7 Å². The number of carbonyl (C=O) groups is 1.